The van der Waals surface area contributed by atoms with Crippen LogP contribution in [0.2, 0.25) is 0 Å². The number of alkyl halides is 3. The smallest absolute Gasteiger partial charge is 0.348 e. The maximum atomic E-state index is 12.2. The number of nitrogens with one attached hydrogen (secondary N) is 1. The number of ether oxygens (including phenoxy) is 2. The number of hydrogen-bond acceptors (Lipinski definition) is 4. The summed E-state index contributed by atoms with van der Waals surface area (Å²) in [7, 11) is 0. The summed E-state index contributed by atoms with van der Waals surface area (Å²) in [5.41, 5.74) is -1.11. The summed E-state index contributed by atoms with van der Waals surface area (Å²) in [5.74, 6) is -0.666. The van der Waals surface area contributed by atoms with E-state index in [4.69, 9.17) is 14.7 Å². The van der Waals surface area contributed by atoms with Gasteiger partial charge in [-0.25, -0.2) is 0 Å². The van der Waals surface area contributed by atoms with Crippen molar-refractivity contribution in [3.8, 4) is 6.07 Å². The van der Waals surface area contributed by atoms with Gasteiger partial charge in [0.1, 0.15) is 5.54 Å². The lowest BCUT2D eigenvalue weighted by atomic mass is 9.79. The Bertz CT molecular complexity index is 335. The van der Waals surface area contributed by atoms with Crippen LogP contribution in [0.4, 0.5) is 13.2 Å². The first-order valence-electron chi connectivity index (χ1n) is 5.90. The van der Waals surface area contributed by atoms with Crippen molar-refractivity contribution in [2.75, 3.05) is 19.8 Å². The van der Waals surface area contributed by atoms with Gasteiger partial charge in [0, 0.05) is 12.8 Å². The van der Waals surface area contributed by atoms with E-state index in [2.05, 4.69) is 5.32 Å². The second kappa shape index (κ2) is 4.68. The lowest BCUT2D eigenvalue weighted by Gasteiger charge is -2.40. The van der Waals surface area contributed by atoms with Gasteiger partial charge in [-0.1, -0.05) is 0 Å². The molecule has 1 N–H and O–H groups in total. The van der Waals surface area contributed by atoms with Gasteiger partial charge in [-0.2, -0.15) is 18.4 Å². The standard InChI is InChI=1S/C11H15F3N2O2/c12-11(13,14)8-16-9(7-15)1-3-10(4-2-9)17-5-6-18-10/h16H,1-6,8H2. The van der Waals surface area contributed by atoms with Crippen LogP contribution < -0.4 is 5.32 Å². The zero-order valence-electron chi connectivity index (χ0n) is 9.85. The largest absolute Gasteiger partial charge is 0.401 e. The Labute approximate surface area is 103 Å². The second-order valence-corrected chi connectivity index (χ2v) is 4.77. The molecule has 1 spiro atoms. The molecular formula is C11H15F3N2O2. The molecule has 0 atom stereocenters. The van der Waals surface area contributed by atoms with Crippen LogP contribution in [0.3, 0.4) is 0 Å². The van der Waals surface area contributed by atoms with Crippen LogP contribution in [0.15, 0.2) is 0 Å². The van der Waals surface area contributed by atoms with E-state index in [0.717, 1.165) is 0 Å². The predicted molar refractivity (Wildman–Crippen MR) is 55.5 cm³/mol. The zero-order chi connectivity index (χ0) is 13.3. The van der Waals surface area contributed by atoms with Gasteiger partial charge in [-0.3, -0.25) is 5.32 Å². The topological polar surface area (TPSA) is 54.3 Å². The quantitative estimate of drug-likeness (QED) is 0.825. The highest BCUT2D eigenvalue weighted by Crippen LogP contribution is 2.40. The van der Waals surface area contributed by atoms with Gasteiger partial charge in [0.05, 0.1) is 25.8 Å². The third kappa shape index (κ3) is 2.94. The van der Waals surface area contributed by atoms with Gasteiger partial charge in [0.25, 0.3) is 0 Å². The molecule has 0 aromatic heterocycles. The molecule has 18 heavy (non-hydrogen) atoms. The number of rotatable bonds is 2. The summed E-state index contributed by atoms with van der Waals surface area (Å²) in [6, 6.07) is 1.97. The van der Waals surface area contributed by atoms with Crippen LogP contribution in [0, 0.1) is 11.3 Å². The number of halogens is 3. The average molecular weight is 264 g/mol. The van der Waals surface area contributed by atoms with E-state index in [0.29, 0.717) is 38.9 Å². The number of nitriles is 1. The summed E-state index contributed by atoms with van der Waals surface area (Å²) in [6.45, 7) is -0.125. The fourth-order valence-electron chi connectivity index (χ4n) is 2.44. The van der Waals surface area contributed by atoms with E-state index >= 15 is 0 Å². The summed E-state index contributed by atoms with van der Waals surface area (Å²) >= 11 is 0. The van der Waals surface area contributed by atoms with Crippen LogP contribution >= 0.6 is 0 Å². The minimum Gasteiger partial charge on any atom is -0.348 e. The Morgan fingerprint density at radius 3 is 2.11 bits per heavy atom. The van der Waals surface area contributed by atoms with Crippen molar-refractivity contribution in [2.45, 2.75) is 43.2 Å². The Morgan fingerprint density at radius 1 is 1.11 bits per heavy atom. The molecule has 1 saturated heterocycles. The first-order chi connectivity index (χ1) is 8.39. The van der Waals surface area contributed by atoms with E-state index in [1.165, 1.54) is 0 Å². The molecule has 0 amide bonds. The molecule has 2 fully saturated rings. The van der Waals surface area contributed by atoms with Crippen LogP contribution in [0.25, 0.3) is 0 Å². The molecule has 102 valence electrons. The minimum atomic E-state index is -4.31. The molecule has 0 aromatic carbocycles. The molecule has 4 nitrogen and oxygen atoms in total. The van der Waals surface area contributed by atoms with Crippen molar-refractivity contribution in [1.29, 1.82) is 5.26 Å². The predicted octanol–water partition coefficient (Wildman–Crippen LogP) is 1.72. The number of hydrogen-bond donors (Lipinski definition) is 1. The fourth-order valence-corrected chi connectivity index (χ4v) is 2.44. The SMILES string of the molecule is N#CC1(NCC(F)(F)F)CCC2(CC1)OCCO2. The third-order valence-corrected chi connectivity index (χ3v) is 3.52. The summed E-state index contributed by atoms with van der Waals surface area (Å²) in [5, 5.41) is 11.4. The first kappa shape index (κ1) is 13.6. The van der Waals surface area contributed by atoms with E-state index in [-0.39, 0.29) is 0 Å². The van der Waals surface area contributed by atoms with Crippen molar-refractivity contribution in [1.82, 2.24) is 5.32 Å². The molecule has 2 rings (SSSR count). The van der Waals surface area contributed by atoms with Crippen molar-refractivity contribution in [3.63, 3.8) is 0 Å². The molecule has 0 radical (unpaired) electrons. The molecule has 1 saturated carbocycles. The highest BCUT2D eigenvalue weighted by Gasteiger charge is 2.47. The normalized spacial score (nSPS) is 26.1. The van der Waals surface area contributed by atoms with Crippen LogP contribution in [-0.4, -0.2) is 37.3 Å². The minimum absolute atomic E-state index is 0.305. The summed E-state index contributed by atoms with van der Waals surface area (Å²) < 4.78 is 47.5. The van der Waals surface area contributed by atoms with Crippen molar-refractivity contribution >= 4 is 0 Å². The van der Waals surface area contributed by atoms with Gasteiger partial charge in [0.15, 0.2) is 5.79 Å². The lowest BCUT2D eigenvalue weighted by molar-refractivity contribution is -0.185. The molecule has 2 aliphatic rings. The third-order valence-electron chi connectivity index (χ3n) is 3.52. The second-order valence-electron chi connectivity index (χ2n) is 4.77. The van der Waals surface area contributed by atoms with Gasteiger partial charge < -0.3 is 9.47 Å². The van der Waals surface area contributed by atoms with E-state index in [1.807, 2.05) is 6.07 Å². The first-order valence-corrected chi connectivity index (χ1v) is 5.90. The fraction of sp³-hybridized carbons (Fsp3) is 0.909. The highest BCUT2D eigenvalue weighted by atomic mass is 19.4. The molecule has 1 aliphatic carbocycles. The molecule has 0 aromatic rings. The monoisotopic (exact) mass is 264 g/mol. The Hall–Kier alpha value is -0.840. The van der Waals surface area contributed by atoms with Crippen LogP contribution in [0.1, 0.15) is 25.7 Å². The van der Waals surface area contributed by atoms with Gasteiger partial charge >= 0.3 is 6.18 Å². The van der Waals surface area contributed by atoms with Crippen LogP contribution in [0.5, 0.6) is 0 Å². The van der Waals surface area contributed by atoms with Crippen LogP contribution in [-0.2, 0) is 9.47 Å². The van der Waals surface area contributed by atoms with Crippen molar-refractivity contribution in [2.24, 2.45) is 0 Å². The molecule has 0 unspecified atom stereocenters. The Balaban J connectivity index is 1.93. The lowest BCUT2D eigenvalue weighted by Crippen LogP contribution is -2.53. The number of nitrogens with zero attached hydrogens (tertiary/aromatic N) is 1. The van der Waals surface area contributed by atoms with Gasteiger partial charge in [-0.05, 0) is 12.8 Å². The highest BCUT2D eigenvalue weighted by molar-refractivity contribution is 5.11. The van der Waals surface area contributed by atoms with Crippen molar-refractivity contribution < 1.29 is 22.6 Å². The zero-order valence-corrected chi connectivity index (χ0v) is 9.85. The van der Waals surface area contributed by atoms with Gasteiger partial charge in [-0.15, -0.1) is 0 Å². The van der Waals surface area contributed by atoms with E-state index < -0.39 is 24.0 Å². The molecule has 7 heteroatoms. The molecule has 0 bridgehead atoms. The molecule has 1 aliphatic heterocycles. The van der Waals surface area contributed by atoms with E-state index in [9.17, 15) is 13.2 Å². The molecule has 1 heterocycles. The average Bonchev–Trinajstić information content (AvgIpc) is 2.77. The maximum Gasteiger partial charge on any atom is 0.401 e. The van der Waals surface area contributed by atoms with E-state index in [1.54, 1.807) is 0 Å². The maximum absolute atomic E-state index is 12.2. The van der Waals surface area contributed by atoms with Gasteiger partial charge in [0.2, 0.25) is 0 Å². The van der Waals surface area contributed by atoms with Crippen molar-refractivity contribution in [3.05, 3.63) is 0 Å². The Morgan fingerprint density at radius 2 is 1.67 bits per heavy atom. The molecular weight excluding hydrogens is 249 g/mol. The summed E-state index contributed by atoms with van der Waals surface area (Å²) in [6.07, 6.45) is -2.80. The Kier molecular flexibility index (Phi) is 3.54. The summed E-state index contributed by atoms with van der Waals surface area (Å²) in [4.78, 5) is 0.